The van der Waals surface area contributed by atoms with Crippen LogP contribution < -0.4 is 0 Å². The Hall–Kier alpha value is -0.900. The van der Waals surface area contributed by atoms with E-state index >= 15 is 0 Å². The Bertz CT molecular complexity index is 496. The first kappa shape index (κ1) is 15.6. The van der Waals surface area contributed by atoms with Crippen LogP contribution in [0.25, 0.3) is 0 Å². The molecule has 4 rings (SSSR count). The van der Waals surface area contributed by atoms with Gasteiger partial charge < -0.3 is 4.90 Å². The van der Waals surface area contributed by atoms with Crippen LogP contribution in [0.4, 0.5) is 0 Å². The Morgan fingerprint density at radius 1 is 0.913 bits per heavy atom. The maximum atomic E-state index is 2.75. The highest BCUT2D eigenvalue weighted by molar-refractivity contribution is 5.33. The Labute approximate surface area is 141 Å². The monoisotopic (exact) mass is 313 g/mol. The van der Waals surface area contributed by atoms with Crippen molar-refractivity contribution in [1.82, 2.24) is 14.7 Å². The van der Waals surface area contributed by atoms with Crippen LogP contribution in [0.5, 0.6) is 0 Å². The van der Waals surface area contributed by atoms with Gasteiger partial charge in [0.2, 0.25) is 0 Å². The fourth-order valence-corrected chi connectivity index (χ4v) is 4.78. The number of likely N-dealkylation sites (N-methyl/N-ethyl adjacent to an activating group) is 1. The Kier molecular flexibility index (Phi) is 4.70. The summed E-state index contributed by atoms with van der Waals surface area (Å²) in [4.78, 5) is 8.05. The molecule has 0 N–H and O–H groups in total. The molecule has 1 aliphatic carbocycles. The summed E-state index contributed by atoms with van der Waals surface area (Å²) in [6, 6.07) is 10.6. The molecule has 2 heterocycles. The molecular formula is C20H31N3. The highest BCUT2D eigenvalue weighted by Gasteiger charge is 2.30. The minimum atomic E-state index is 0.756. The highest BCUT2D eigenvalue weighted by Crippen LogP contribution is 2.26. The standard InChI is InChI=1S/C20H31N3/c1-21-9-5-4-8-19(21)16-22-10-12-23(13-11-22)20-14-17-6-2-3-7-18(17)15-20/h2-3,6-7,19-20H,4-5,8-16H2,1H3/t19-/m0/s1. The van der Waals surface area contributed by atoms with E-state index in [0.717, 1.165) is 12.1 Å². The first-order chi connectivity index (χ1) is 11.3. The number of piperazine rings is 1. The molecular weight excluding hydrogens is 282 g/mol. The molecule has 0 aromatic heterocycles. The van der Waals surface area contributed by atoms with Crippen molar-refractivity contribution in [2.75, 3.05) is 46.3 Å². The lowest BCUT2D eigenvalue weighted by atomic mass is 10.0. The van der Waals surface area contributed by atoms with Crippen molar-refractivity contribution < 1.29 is 0 Å². The van der Waals surface area contributed by atoms with Crippen LogP contribution in [-0.4, -0.2) is 73.1 Å². The summed E-state index contributed by atoms with van der Waals surface area (Å²) < 4.78 is 0. The molecule has 0 saturated carbocycles. The van der Waals surface area contributed by atoms with Crippen molar-refractivity contribution in [2.45, 2.75) is 44.2 Å². The fraction of sp³-hybridized carbons (Fsp3) is 0.700. The van der Waals surface area contributed by atoms with Crippen LogP contribution in [-0.2, 0) is 12.8 Å². The molecule has 2 fully saturated rings. The zero-order valence-corrected chi connectivity index (χ0v) is 14.6. The number of rotatable bonds is 3. The average molecular weight is 313 g/mol. The molecule has 3 nitrogen and oxygen atoms in total. The number of fused-ring (bicyclic) bond motifs is 1. The fourth-order valence-electron chi connectivity index (χ4n) is 4.78. The van der Waals surface area contributed by atoms with E-state index < -0.39 is 0 Å². The third-order valence-electron chi connectivity index (χ3n) is 6.34. The molecule has 1 atom stereocenters. The second-order valence-corrected chi connectivity index (χ2v) is 7.80. The first-order valence-corrected chi connectivity index (χ1v) is 9.53. The van der Waals surface area contributed by atoms with E-state index in [4.69, 9.17) is 0 Å². The van der Waals surface area contributed by atoms with Gasteiger partial charge in [-0.3, -0.25) is 9.80 Å². The summed E-state index contributed by atoms with van der Waals surface area (Å²) in [6.07, 6.45) is 6.75. The van der Waals surface area contributed by atoms with Gasteiger partial charge in [-0.05, 0) is 50.4 Å². The molecule has 0 unspecified atom stereocenters. The molecule has 0 amide bonds. The van der Waals surface area contributed by atoms with Gasteiger partial charge in [-0.15, -0.1) is 0 Å². The predicted octanol–water partition coefficient (Wildman–Crippen LogP) is 2.26. The molecule has 0 radical (unpaired) electrons. The van der Waals surface area contributed by atoms with Gasteiger partial charge in [0.1, 0.15) is 0 Å². The van der Waals surface area contributed by atoms with Gasteiger partial charge in [-0.25, -0.2) is 0 Å². The summed E-state index contributed by atoms with van der Waals surface area (Å²) in [5.41, 5.74) is 3.17. The van der Waals surface area contributed by atoms with Gasteiger partial charge in [0, 0.05) is 44.8 Å². The van der Waals surface area contributed by atoms with E-state index in [1.807, 2.05) is 0 Å². The molecule has 1 aromatic rings. The van der Waals surface area contributed by atoms with Crippen LogP contribution in [0.3, 0.4) is 0 Å². The van der Waals surface area contributed by atoms with Crippen molar-refractivity contribution in [3.8, 4) is 0 Å². The summed E-state index contributed by atoms with van der Waals surface area (Å²) in [6.45, 7) is 7.62. The van der Waals surface area contributed by atoms with Gasteiger partial charge in [0.15, 0.2) is 0 Å². The van der Waals surface area contributed by atoms with Gasteiger partial charge in [-0.1, -0.05) is 30.7 Å². The average Bonchev–Trinajstić information content (AvgIpc) is 3.02. The molecule has 3 aliphatic rings. The van der Waals surface area contributed by atoms with Crippen LogP contribution in [0.2, 0.25) is 0 Å². The molecule has 0 spiro atoms. The molecule has 0 bridgehead atoms. The van der Waals surface area contributed by atoms with Crippen molar-refractivity contribution in [3.05, 3.63) is 35.4 Å². The summed E-state index contributed by atoms with van der Waals surface area (Å²) in [7, 11) is 2.32. The lowest BCUT2D eigenvalue weighted by Crippen LogP contribution is -2.54. The Balaban J connectivity index is 1.27. The second kappa shape index (κ2) is 6.92. The van der Waals surface area contributed by atoms with E-state index in [0.29, 0.717) is 0 Å². The van der Waals surface area contributed by atoms with Gasteiger partial charge in [-0.2, -0.15) is 0 Å². The smallest absolute Gasteiger partial charge is 0.0220 e. The third kappa shape index (κ3) is 3.47. The van der Waals surface area contributed by atoms with Crippen molar-refractivity contribution >= 4 is 0 Å². The predicted molar refractivity (Wildman–Crippen MR) is 95.9 cm³/mol. The number of piperidine rings is 1. The maximum absolute atomic E-state index is 2.75. The Morgan fingerprint density at radius 2 is 1.61 bits per heavy atom. The van der Waals surface area contributed by atoms with Crippen molar-refractivity contribution in [3.63, 3.8) is 0 Å². The number of nitrogens with zero attached hydrogens (tertiary/aromatic N) is 3. The van der Waals surface area contributed by atoms with E-state index in [1.165, 1.54) is 71.4 Å². The van der Waals surface area contributed by atoms with Crippen molar-refractivity contribution in [2.24, 2.45) is 0 Å². The van der Waals surface area contributed by atoms with Gasteiger partial charge in [0.25, 0.3) is 0 Å². The normalized spacial score (nSPS) is 28.1. The number of hydrogen-bond acceptors (Lipinski definition) is 3. The van der Waals surface area contributed by atoms with E-state index in [9.17, 15) is 0 Å². The molecule has 2 aliphatic heterocycles. The van der Waals surface area contributed by atoms with Crippen LogP contribution in [0, 0.1) is 0 Å². The second-order valence-electron chi connectivity index (χ2n) is 7.80. The summed E-state index contributed by atoms with van der Waals surface area (Å²) in [5.74, 6) is 0. The highest BCUT2D eigenvalue weighted by atomic mass is 15.3. The zero-order valence-electron chi connectivity index (χ0n) is 14.6. The molecule has 2 saturated heterocycles. The Morgan fingerprint density at radius 3 is 2.26 bits per heavy atom. The van der Waals surface area contributed by atoms with E-state index in [1.54, 1.807) is 11.1 Å². The zero-order chi connectivity index (χ0) is 15.6. The largest absolute Gasteiger partial charge is 0.302 e. The third-order valence-corrected chi connectivity index (χ3v) is 6.34. The van der Waals surface area contributed by atoms with Gasteiger partial charge >= 0.3 is 0 Å². The number of benzene rings is 1. The minimum absolute atomic E-state index is 0.756. The van der Waals surface area contributed by atoms with Gasteiger partial charge in [0.05, 0.1) is 0 Å². The maximum Gasteiger partial charge on any atom is 0.0220 e. The van der Waals surface area contributed by atoms with Crippen molar-refractivity contribution in [1.29, 1.82) is 0 Å². The molecule has 3 heteroatoms. The van der Waals surface area contributed by atoms with Crippen LogP contribution >= 0.6 is 0 Å². The molecule has 1 aromatic carbocycles. The molecule has 23 heavy (non-hydrogen) atoms. The SMILES string of the molecule is CN1CCCC[C@H]1CN1CCN(C2Cc3ccccc3C2)CC1. The summed E-state index contributed by atoms with van der Waals surface area (Å²) in [5, 5.41) is 0. The van der Waals surface area contributed by atoms with E-state index in [-0.39, 0.29) is 0 Å². The number of hydrogen-bond donors (Lipinski definition) is 0. The lowest BCUT2D eigenvalue weighted by Gasteiger charge is -2.41. The quantitative estimate of drug-likeness (QED) is 0.847. The van der Waals surface area contributed by atoms with Crippen LogP contribution in [0.15, 0.2) is 24.3 Å². The first-order valence-electron chi connectivity index (χ1n) is 9.53. The molecule has 126 valence electrons. The lowest BCUT2D eigenvalue weighted by molar-refractivity contribution is 0.0674. The summed E-state index contributed by atoms with van der Waals surface area (Å²) >= 11 is 0. The minimum Gasteiger partial charge on any atom is -0.302 e. The number of likely N-dealkylation sites (tertiary alicyclic amines) is 1. The van der Waals surface area contributed by atoms with Crippen LogP contribution in [0.1, 0.15) is 30.4 Å². The topological polar surface area (TPSA) is 9.72 Å². The van der Waals surface area contributed by atoms with E-state index in [2.05, 4.69) is 46.0 Å².